The summed E-state index contributed by atoms with van der Waals surface area (Å²) in [6.45, 7) is 11.0. The molecule has 0 saturated carbocycles. The number of nitrogens with zero attached hydrogens (tertiary/aromatic N) is 3. The molecule has 1 aliphatic heterocycles. The third-order valence-corrected chi connectivity index (χ3v) is 3.16. The van der Waals surface area contributed by atoms with Crippen LogP contribution in [0.3, 0.4) is 0 Å². The molecule has 1 saturated heterocycles. The molecule has 17 heavy (non-hydrogen) atoms. The van der Waals surface area contributed by atoms with Crippen LogP contribution in [0.2, 0.25) is 0 Å². The molecule has 0 radical (unpaired) electrons. The highest BCUT2D eigenvalue weighted by atomic mass is 16.3. The molecule has 0 aliphatic carbocycles. The van der Waals surface area contributed by atoms with Gasteiger partial charge in [0.15, 0.2) is 0 Å². The van der Waals surface area contributed by atoms with Crippen LogP contribution in [0.5, 0.6) is 5.88 Å². The van der Waals surface area contributed by atoms with Crippen molar-refractivity contribution in [3.63, 3.8) is 0 Å². The average molecular weight is 235 g/mol. The van der Waals surface area contributed by atoms with Crippen molar-refractivity contribution in [1.82, 2.24) is 9.97 Å². The Morgan fingerprint density at radius 3 is 2.24 bits per heavy atom. The summed E-state index contributed by atoms with van der Waals surface area (Å²) in [6, 6.07) is 1.64. The number of piperidine rings is 1. The largest absolute Gasteiger partial charge is 0.493 e. The second-order valence-electron chi connectivity index (χ2n) is 6.60. The third kappa shape index (κ3) is 2.87. The molecule has 0 aromatic carbocycles. The van der Waals surface area contributed by atoms with Crippen molar-refractivity contribution < 1.29 is 5.11 Å². The quantitative estimate of drug-likeness (QED) is 0.812. The molecule has 4 heteroatoms. The molecule has 1 aliphatic rings. The van der Waals surface area contributed by atoms with Gasteiger partial charge in [0.2, 0.25) is 5.88 Å². The zero-order valence-corrected chi connectivity index (χ0v) is 11.1. The summed E-state index contributed by atoms with van der Waals surface area (Å²) in [4.78, 5) is 10.2. The Labute approximate surface area is 103 Å². The summed E-state index contributed by atoms with van der Waals surface area (Å²) in [6.07, 6.45) is 2.62. The highest BCUT2D eigenvalue weighted by molar-refractivity contribution is 5.41. The van der Waals surface area contributed by atoms with E-state index in [0.29, 0.717) is 0 Å². The fourth-order valence-corrected chi connectivity index (χ4v) is 3.17. The minimum Gasteiger partial charge on any atom is -0.493 e. The van der Waals surface area contributed by atoms with E-state index in [4.69, 9.17) is 0 Å². The van der Waals surface area contributed by atoms with Crippen molar-refractivity contribution in [1.29, 1.82) is 0 Å². The number of aromatic hydroxyl groups is 1. The fraction of sp³-hybridized carbons (Fsp3) is 0.692. The van der Waals surface area contributed by atoms with Gasteiger partial charge in [0.05, 0.1) is 0 Å². The van der Waals surface area contributed by atoms with Crippen molar-refractivity contribution in [2.75, 3.05) is 18.0 Å². The van der Waals surface area contributed by atoms with Gasteiger partial charge >= 0.3 is 0 Å². The summed E-state index contributed by atoms with van der Waals surface area (Å²) in [7, 11) is 0. The Morgan fingerprint density at radius 2 is 1.71 bits per heavy atom. The molecular formula is C13H21N3O. The van der Waals surface area contributed by atoms with Crippen LogP contribution in [0.4, 0.5) is 5.82 Å². The van der Waals surface area contributed by atoms with Crippen molar-refractivity contribution in [2.24, 2.45) is 10.8 Å². The Bertz CT molecular complexity index is 399. The number of anilines is 1. The van der Waals surface area contributed by atoms with Crippen LogP contribution in [0.15, 0.2) is 12.4 Å². The number of aromatic nitrogens is 2. The molecule has 0 spiro atoms. The Hall–Kier alpha value is -1.32. The van der Waals surface area contributed by atoms with Crippen molar-refractivity contribution >= 4 is 5.82 Å². The molecular weight excluding hydrogens is 214 g/mol. The van der Waals surface area contributed by atoms with E-state index in [1.807, 2.05) is 0 Å². The summed E-state index contributed by atoms with van der Waals surface area (Å²) in [5.74, 6) is 0.856. The summed E-state index contributed by atoms with van der Waals surface area (Å²) < 4.78 is 0. The molecule has 1 aromatic rings. The summed E-state index contributed by atoms with van der Waals surface area (Å²) in [5, 5.41) is 9.43. The predicted molar refractivity (Wildman–Crippen MR) is 68.1 cm³/mol. The molecule has 0 unspecified atom stereocenters. The molecule has 2 rings (SSSR count). The lowest BCUT2D eigenvalue weighted by Gasteiger charge is -2.47. The normalized spacial score (nSPS) is 22.5. The first-order valence-electron chi connectivity index (χ1n) is 6.03. The molecule has 0 bridgehead atoms. The van der Waals surface area contributed by atoms with Gasteiger partial charge in [-0.05, 0) is 17.3 Å². The van der Waals surface area contributed by atoms with E-state index < -0.39 is 0 Å². The maximum absolute atomic E-state index is 9.43. The fourth-order valence-electron chi connectivity index (χ4n) is 3.17. The topological polar surface area (TPSA) is 49.2 Å². The van der Waals surface area contributed by atoms with Gasteiger partial charge in [0, 0.05) is 19.2 Å². The minimum absolute atomic E-state index is 0.0381. The SMILES string of the molecule is CC1(C)CN(c2cc(O)ncn2)CC(C)(C)C1. The first-order valence-corrected chi connectivity index (χ1v) is 6.03. The van der Waals surface area contributed by atoms with Gasteiger partial charge in [-0.3, -0.25) is 0 Å². The number of hydrogen-bond acceptors (Lipinski definition) is 4. The highest BCUT2D eigenvalue weighted by Crippen LogP contribution is 2.40. The van der Waals surface area contributed by atoms with Gasteiger partial charge < -0.3 is 10.0 Å². The van der Waals surface area contributed by atoms with Gasteiger partial charge in [-0.25, -0.2) is 9.97 Å². The summed E-state index contributed by atoms with van der Waals surface area (Å²) >= 11 is 0. The zero-order valence-electron chi connectivity index (χ0n) is 11.1. The lowest BCUT2D eigenvalue weighted by molar-refractivity contribution is 0.158. The van der Waals surface area contributed by atoms with Crippen molar-refractivity contribution in [3.8, 4) is 5.88 Å². The Morgan fingerprint density at radius 1 is 1.12 bits per heavy atom. The average Bonchev–Trinajstić information content (AvgIpc) is 2.12. The number of rotatable bonds is 1. The first-order chi connectivity index (χ1) is 7.77. The molecule has 1 N–H and O–H groups in total. The van der Waals surface area contributed by atoms with Crippen LogP contribution in [0, 0.1) is 10.8 Å². The monoisotopic (exact) mass is 235 g/mol. The molecule has 94 valence electrons. The van der Waals surface area contributed by atoms with Gasteiger partial charge in [-0.1, -0.05) is 27.7 Å². The zero-order chi connectivity index (χ0) is 12.7. The van der Waals surface area contributed by atoms with Crippen LogP contribution in [-0.2, 0) is 0 Å². The molecule has 0 amide bonds. The second-order valence-corrected chi connectivity index (χ2v) is 6.60. The van der Waals surface area contributed by atoms with Crippen molar-refractivity contribution in [3.05, 3.63) is 12.4 Å². The maximum atomic E-state index is 9.43. The van der Waals surface area contributed by atoms with E-state index in [0.717, 1.165) is 18.9 Å². The van der Waals surface area contributed by atoms with E-state index in [2.05, 4.69) is 42.6 Å². The van der Waals surface area contributed by atoms with Crippen molar-refractivity contribution in [2.45, 2.75) is 34.1 Å². The Balaban J connectivity index is 2.27. The van der Waals surface area contributed by atoms with E-state index >= 15 is 0 Å². The van der Waals surface area contributed by atoms with Crippen LogP contribution >= 0.6 is 0 Å². The third-order valence-electron chi connectivity index (χ3n) is 3.16. The summed E-state index contributed by atoms with van der Waals surface area (Å²) in [5.41, 5.74) is 0.532. The van der Waals surface area contributed by atoms with Crippen LogP contribution in [0.25, 0.3) is 0 Å². The lowest BCUT2D eigenvalue weighted by atomic mass is 9.71. The van der Waals surface area contributed by atoms with Gasteiger partial charge in [0.25, 0.3) is 0 Å². The van der Waals surface area contributed by atoms with Gasteiger partial charge in [-0.2, -0.15) is 0 Å². The molecule has 1 aromatic heterocycles. The first kappa shape index (κ1) is 12.1. The standard InChI is InChI=1S/C13H21N3O/c1-12(2)6-13(3,4)8-16(7-12)10-5-11(17)15-9-14-10/h5,9H,6-8H2,1-4H3,(H,14,15,17). The molecule has 1 fully saturated rings. The van der Waals surface area contributed by atoms with Crippen LogP contribution < -0.4 is 4.90 Å². The lowest BCUT2D eigenvalue weighted by Crippen LogP contribution is -2.48. The smallest absolute Gasteiger partial charge is 0.215 e. The van der Waals surface area contributed by atoms with E-state index in [1.54, 1.807) is 6.07 Å². The van der Waals surface area contributed by atoms with E-state index in [-0.39, 0.29) is 16.7 Å². The van der Waals surface area contributed by atoms with Gasteiger partial charge in [-0.15, -0.1) is 0 Å². The highest BCUT2D eigenvalue weighted by Gasteiger charge is 2.37. The molecule has 0 atom stereocenters. The minimum atomic E-state index is 0.0381. The van der Waals surface area contributed by atoms with Crippen LogP contribution in [-0.4, -0.2) is 28.2 Å². The molecule has 4 nitrogen and oxygen atoms in total. The van der Waals surface area contributed by atoms with E-state index in [9.17, 15) is 5.11 Å². The maximum Gasteiger partial charge on any atom is 0.215 e. The van der Waals surface area contributed by atoms with Crippen LogP contribution in [0.1, 0.15) is 34.1 Å². The molecule has 2 heterocycles. The Kier molecular flexibility index (Phi) is 2.76. The van der Waals surface area contributed by atoms with Gasteiger partial charge in [0.1, 0.15) is 12.1 Å². The number of hydrogen-bond donors (Lipinski definition) is 1. The predicted octanol–water partition coefficient (Wildman–Crippen LogP) is 2.44. The second kappa shape index (κ2) is 3.86. The van der Waals surface area contributed by atoms with E-state index in [1.165, 1.54) is 12.7 Å².